The smallest absolute Gasteiger partial charge is 0.0426 e. The molecule has 0 spiro atoms. The Balaban J connectivity index is 2.14. The maximum atomic E-state index is 6.03. The molecule has 16 heavy (non-hydrogen) atoms. The molecule has 0 saturated carbocycles. The van der Waals surface area contributed by atoms with Crippen molar-refractivity contribution in [2.45, 2.75) is 19.4 Å². The molecule has 1 aromatic rings. The minimum Gasteiger partial charge on any atom is -0.370 e. The molecule has 2 unspecified atom stereocenters. The highest BCUT2D eigenvalue weighted by atomic mass is 35.5. The third kappa shape index (κ3) is 2.69. The zero-order valence-electron chi connectivity index (χ0n) is 9.91. The van der Waals surface area contributed by atoms with E-state index >= 15 is 0 Å². The second-order valence-corrected chi connectivity index (χ2v) is 5.15. The summed E-state index contributed by atoms with van der Waals surface area (Å²) in [6, 6.07) is 8.71. The summed E-state index contributed by atoms with van der Waals surface area (Å²) in [5.74, 6) is 0.727. The van der Waals surface area contributed by atoms with Gasteiger partial charge in [0.1, 0.15) is 0 Å². The normalized spacial score (nSPS) is 25.8. The van der Waals surface area contributed by atoms with Crippen molar-refractivity contribution < 1.29 is 0 Å². The summed E-state index contributed by atoms with van der Waals surface area (Å²) in [6.07, 6.45) is 1.26. The van der Waals surface area contributed by atoms with Crippen LogP contribution in [0.3, 0.4) is 0 Å². The quantitative estimate of drug-likeness (QED) is 0.853. The first-order chi connectivity index (χ1) is 7.69. The van der Waals surface area contributed by atoms with Crippen LogP contribution in [-0.2, 0) is 0 Å². The van der Waals surface area contributed by atoms with E-state index in [-0.39, 0.29) is 0 Å². The molecule has 0 bridgehead atoms. The second-order valence-electron chi connectivity index (χ2n) is 4.71. The first-order valence-corrected chi connectivity index (χ1v) is 6.24. The second kappa shape index (κ2) is 5.07. The minimum absolute atomic E-state index is 0.586. The summed E-state index contributed by atoms with van der Waals surface area (Å²) in [4.78, 5) is 2.42. The maximum Gasteiger partial charge on any atom is 0.0426 e. The van der Waals surface area contributed by atoms with Gasteiger partial charge >= 0.3 is 0 Å². The lowest BCUT2D eigenvalue weighted by molar-refractivity contribution is 0.366. The molecule has 1 saturated heterocycles. The van der Waals surface area contributed by atoms with Crippen molar-refractivity contribution in [3.63, 3.8) is 0 Å². The Morgan fingerprint density at radius 2 is 2.19 bits per heavy atom. The summed E-state index contributed by atoms with van der Waals surface area (Å²) >= 11 is 6.03. The molecule has 0 aliphatic carbocycles. The predicted molar refractivity (Wildman–Crippen MR) is 70.3 cm³/mol. The lowest BCUT2D eigenvalue weighted by Gasteiger charge is -2.38. The van der Waals surface area contributed by atoms with E-state index in [4.69, 9.17) is 11.6 Å². The first kappa shape index (κ1) is 11.7. The zero-order chi connectivity index (χ0) is 11.5. The van der Waals surface area contributed by atoms with Crippen molar-refractivity contribution in [3.8, 4) is 0 Å². The average Bonchev–Trinajstić information content (AvgIpc) is 2.28. The molecule has 88 valence electrons. The number of halogens is 1. The molecule has 1 heterocycles. The number of nitrogens with one attached hydrogen (secondary N) is 1. The van der Waals surface area contributed by atoms with E-state index in [0.717, 1.165) is 24.0 Å². The fourth-order valence-electron chi connectivity index (χ4n) is 2.44. The van der Waals surface area contributed by atoms with E-state index in [0.29, 0.717) is 6.04 Å². The Bertz CT molecular complexity index is 354. The molecule has 1 N–H and O–H groups in total. The number of nitrogens with zero attached hydrogens (tertiary/aromatic N) is 1. The number of hydrogen-bond acceptors (Lipinski definition) is 2. The fourth-order valence-corrected chi connectivity index (χ4v) is 2.63. The molecule has 2 rings (SSSR count). The van der Waals surface area contributed by atoms with E-state index in [1.807, 2.05) is 25.2 Å². The third-order valence-corrected chi connectivity index (χ3v) is 3.48. The largest absolute Gasteiger partial charge is 0.370 e. The Labute approximate surface area is 103 Å². The van der Waals surface area contributed by atoms with Gasteiger partial charge in [0.15, 0.2) is 0 Å². The molecule has 1 aliphatic heterocycles. The van der Waals surface area contributed by atoms with E-state index in [1.165, 1.54) is 12.1 Å². The van der Waals surface area contributed by atoms with Gasteiger partial charge in [0.2, 0.25) is 0 Å². The number of piperidine rings is 1. The van der Waals surface area contributed by atoms with Gasteiger partial charge in [-0.2, -0.15) is 0 Å². The van der Waals surface area contributed by atoms with Gasteiger partial charge in [-0.25, -0.2) is 0 Å². The van der Waals surface area contributed by atoms with Crippen LogP contribution in [0.15, 0.2) is 24.3 Å². The third-order valence-electron chi connectivity index (χ3n) is 3.24. The lowest BCUT2D eigenvalue weighted by Crippen LogP contribution is -2.47. The molecule has 0 aromatic heterocycles. The van der Waals surface area contributed by atoms with Gasteiger partial charge in [-0.3, -0.25) is 0 Å². The van der Waals surface area contributed by atoms with Crippen LogP contribution in [0.4, 0.5) is 5.69 Å². The molecule has 0 radical (unpaired) electrons. The predicted octanol–water partition coefficient (Wildman–Crippen LogP) is 2.77. The van der Waals surface area contributed by atoms with E-state index in [1.54, 1.807) is 0 Å². The highest BCUT2D eigenvalue weighted by molar-refractivity contribution is 6.30. The summed E-state index contributed by atoms with van der Waals surface area (Å²) in [7, 11) is 2.04. The van der Waals surface area contributed by atoms with E-state index in [2.05, 4.69) is 23.2 Å². The van der Waals surface area contributed by atoms with Gasteiger partial charge in [-0.15, -0.1) is 0 Å². The molecule has 1 aromatic carbocycles. The van der Waals surface area contributed by atoms with Crippen molar-refractivity contribution in [1.82, 2.24) is 5.32 Å². The summed E-state index contributed by atoms with van der Waals surface area (Å²) in [6.45, 7) is 4.50. The zero-order valence-corrected chi connectivity index (χ0v) is 10.7. The number of benzene rings is 1. The van der Waals surface area contributed by atoms with Crippen molar-refractivity contribution in [2.75, 3.05) is 25.0 Å². The van der Waals surface area contributed by atoms with Crippen LogP contribution in [-0.4, -0.2) is 26.2 Å². The van der Waals surface area contributed by atoms with E-state index < -0.39 is 0 Å². The maximum absolute atomic E-state index is 6.03. The van der Waals surface area contributed by atoms with Crippen LogP contribution in [0.2, 0.25) is 5.02 Å². The molecule has 3 heteroatoms. The van der Waals surface area contributed by atoms with Gasteiger partial charge in [0.25, 0.3) is 0 Å². The molecule has 0 amide bonds. The lowest BCUT2D eigenvalue weighted by atomic mass is 9.95. The summed E-state index contributed by atoms with van der Waals surface area (Å²) in [5.41, 5.74) is 1.24. The van der Waals surface area contributed by atoms with Gasteiger partial charge in [0.05, 0.1) is 0 Å². The van der Waals surface area contributed by atoms with Crippen LogP contribution in [0.5, 0.6) is 0 Å². The van der Waals surface area contributed by atoms with Crippen molar-refractivity contribution in [2.24, 2.45) is 5.92 Å². The summed E-state index contributed by atoms with van der Waals surface area (Å²) < 4.78 is 0. The van der Waals surface area contributed by atoms with Crippen molar-refractivity contribution >= 4 is 17.3 Å². The van der Waals surface area contributed by atoms with Crippen LogP contribution >= 0.6 is 11.6 Å². The molecule has 2 nitrogen and oxygen atoms in total. The van der Waals surface area contributed by atoms with Crippen molar-refractivity contribution in [1.29, 1.82) is 0 Å². The number of rotatable bonds is 2. The standard InChI is InChI=1S/C13H19ClN2/c1-10-6-12(15-2)9-16(8-10)13-5-3-4-11(14)7-13/h3-5,7,10,12,15H,6,8-9H2,1-2H3. The van der Waals surface area contributed by atoms with Gasteiger partial charge < -0.3 is 10.2 Å². The minimum atomic E-state index is 0.586. The molecule has 2 atom stereocenters. The van der Waals surface area contributed by atoms with Gasteiger partial charge in [-0.1, -0.05) is 24.6 Å². The van der Waals surface area contributed by atoms with E-state index in [9.17, 15) is 0 Å². The number of hydrogen-bond donors (Lipinski definition) is 1. The van der Waals surface area contributed by atoms with Crippen LogP contribution < -0.4 is 10.2 Å². The van der Waals surface area contributed by atoms with Crippen LogP contribution in [0, 0.1) is 5.92 Å². The molecule has 1 aliphatic rings. The van der Waals surface area contributed by atoms with Crippen LogP contribution in [0.1, 0.15) is 13.3 Å². The average molecular weight is 239 g/mol. The Kier molecular flexibility index (Phi) is 3.72. The Morgan fingerprint density at radius 3 is 2.88 bits per heavy atom. The number of anilines is 1. The van der Waals surface area contributed by atoms with Crippen molar-refractivity contribution in [3.05, 3.63) is 29.3 Å². The van der Waals surface area contributed by atoms with Crippen LogP contribution in [0.25, 0.3) is 0 Å². The summed E-state index contributed by atoms with van der Waals surface area (Å²) in [5, 5.41) is 4.19. The molecular formula is C13H19ClN2. The Hall–Kier alpha value is -0.730. The fraction of sp³-hybridized carbons (Fsp3) is 0.538. The first-order valence-electron chi connectivity index (χ1n) is 5.87. The number of likely N-dealkylation sites (N-methyl/N-ethyl adjacent to an activating group) is 1. The topological polar surface area (TPSA) is 15.3 Å². The molecule has 1 fully saturated rings. The highest BCUT2D eigenvalue weighted by Gasteiger charge is 2.23. The van der Waals surface area contributed by atoms with Gasteiger partial charge in [-0.05, 0) is 37.6 Å². The Morgan fingerprint density at radius 1 is 1.38 bits per heavy atom. The molecular weight excluding hydrogens is 220 g/mol. The monoisotopic (exact) mass is 238 g/mol. The van der Waals surface area contributed by atoms with Gasteiger partial charge in [0, 0.05) is 29.8 Å². The SMILES string of the molecule is CNC1CC(C)CN(c2cccc(Cl)c2)C1. The highest BCUT2D eigenvalue weighted by Crippen LogP contribution is 2.25.